The number of nitrogens with one attached hydrogen (secondary N) is 3. The third-order valence-corrected chi connectivity index (χ3v) is 8.64. The Balaban J connectivity index is 1.11. The molecule has 0 atom stereocenters. The molecule has 3 aromatic carbocycles. The van der Waals surface area contributed by atoms with Crippen LogP contribution in [-0.4, -0.2) is 45.6 Å². The van der Waals surface area contributed by atoms with Crippen LogP contribution in [0.25, 0.3) is 17.3 Å². The fraction of sp³-hybridized carbons (Fsp3) is 0.212. The van der Waals surface area contributed by atoms with Crippen molar-refractivity contribution >= 4 is 58.4 Å². The Morgan fingerprint density at radius 2 is 1.76 bits per heavy atom. The SMILES string of the molecule is CC1(NCc2ccc(C(=O)Nc3ccc(/C=C/C(=O)NO)cc3)cc2)CCN(c2cnc(-c3cccc(Cl)c3Cl)c(N)n2)CC1. The summed E-state index contributed by atoms with van der Waals surface area (Å²) < 4.78 is 0. The van der Waals surface area contributed by atoms with E-state index in [2.05, 4.69) is 32.4 Å². The van der Waals surface area contributed by atoms with Crippen LogP contribution in [0.2, 0.25) is 10.0 Å². The van der Waals surface area contributed by atoms with Crippen LogP contribution in [0.4, 0.5) is 17.3 Å². The van der Waals surface area contributed by atoms with Crippen molar-refractivity contribution < 1.29 is 14.8 Å². The summed E-state index contributed by atoms with van der Waals surface area (Å²) >= 11 is 12.5. The highest BCUT2D eigenvalue weighted by Gasteiger charge is 2.30. The van der Waals surface area contributed by atoms with Crippen molar-refractivity contribution in [1.82, 2.24) is 20.8 Å². The first-order valence-electron chi connectivity index (χ1n) is 14.3. The quantitative estimate of drug-likeness (QED) is 0.0852. The minimum atomic E-state index is -0.619. The third-order valence-electron chi connectivity index (χ3n) is 7.83. The van der Waals surface area contributed by atoms with Gasteiger partial charge in [-0.25, -0.2) is 15.4 Å². The Kier molecular flexibility index (Phi) is 9.99. The van der Waals surface area contributed by atoms with Crippen molar-refractivity contribution in [2.45, 2.75) is 31.8 Å². The van der Waals surface area contributed by atoms with Gasteiger partial charge in [0.2, 0.25) is 0 Å². The molecule has 45 heavy (non-hydrogen) atoms. The maximum absolute atomic E-state index is 12.8. The fourth-order valence-electron chi connectivity index (χ4n) is 5.03. The molecule has 0 bridgehead atoms. The summed E-state index contributed by atoms with van der Waals surface area (Å²) in [7, 11) is 0. The van der Waals surface area contributed by atoms with Crippen LogP contribution in [0.1, 0.15) is 41.3 Å². The van der Waals surface area contributed by atoms with Crippen molar-refractivity contribution in [2.75, 3.05) is 29.0 Å². The first-order chi connectivity index (χ1) is 21.6. The molecule has 2 amide bonds. The van der Waals surface area contributed by atoms with Gasteiger partial charge in [-0.05, 0) is 67.3 Å². The van der Waals surface area contributed by atoms with E-state index in [0.29, 0.717) is 44.9 Å². The molecule has 1 aliphatic heterocycles. The minimum absolute atomic E-state index is 0.0664. The lowest BCUT2D eigenvalue weighted by atomic mass is 9.89. The van der Waals surface area contributed by atoms with Gasteiger partial charge in [-0.15, -0.1) is 0 Å². The molecule has 232 valence electrons. The van der Waals surface area contributed by atoms with Crippen LogP contribution in [0.3, 0.4) is 0 Å². The van der Waals surface area contributed by atoms with E-state index in [1.54, 1.807) is 48.7 Å². The largest absolute Gasteiger partial charge is 0.382 e. The van der Waals surface area contributed by atoms with Crippen LogP contribution >= 0.6 is 23.2 Å². The van der Waals surface area contributed by atoms with Gasteiger partial charge in [0.25, 0.3) is 11.8 Å². The Hall–Kier alpha value is -4.48. The second-order valence-electron chi connectivity index (χ2n) is 11.0. The molecule has 1 aromatic heterocycles. The van der Waals surface area contributed by atoms with Crippen molar-refractivity contribution in [3.05, 3.63) is 106 Å². The Labute approximate surface area is 271 Å². The van der Waals surface area contributed by atoms with Crippen LogP contribution < -0.4 is 26.7 Å². The van der Waals surface area contributed by atoms with Gasteiger partial charge in [0, 0.05) is 48.1 Å². The van der Waals surface area contributed by atoms with Crippen molar-refractivity contribution in [3.8, 4) is 11.3 Å². The highest BCUT2D eigenvalue weighted by molar-refractivity contribution is 6.43. The zero-order valence-electron chi connectivity index (χ0n) is 24.6. The number of halogens is 2. The van der Waals surface area contributed by atoms with Crippen molar-refractivity contribution in [2.24, 2.45) is 0 Å². The molecule has 1 fully saturated rings. The Morgan fingerprint density at radius 1 is 1.04 bits per heavy atom. The number of carbonyl (C=O) groups is 2. The molecular formula is C33H33Cl2N7O3. The number of anilines is 3. The molecule has 4 aromatic rings. The van der Waals surface area contributed by atoms with E-state index in [4.69, 9.17) is 34.1 Å². The number of hydroxylamine groups is 1. The Morgan fingerprint density at radius 3 is 2.42 bits per heavy atom. The van der Waals surface area contributed by atoms with E-state index < -0.39 is 5.91 Å². The molecule has 1 saturated heterocycles. The maximum Gasteiger partial charge on any atom is 0.267 e. The average Bonchev–Trinajstić information content (AvgIpc) is 3.05. The number of nitrogens with zero attached hydrogens (tertiary/aromatic N) is 3. The highest BCUT2D eigenvalue weighted by Crippen LogP contribution is 2.35. The summed E-state index contributed by atoms with van der Waals surface area (Å²) in [6.45, 7) is 4.48. The highest BCUT2D eigenvalue weighted by atomic mass is 35.5. The number of amides is 2. The summed E-state index contributed by atoms with van der Waals surface area (Å²) in [6.07, 6.45) is 6.29. The number of hydrogen-bond donors (Lipinski definition) is 5. The molecule has 10 nitrogen and oxygen atoms in total. The number of piperidine rings is 1. The van der Waals surface area contributed by atoms with Gasteiger partial charge in [-0.3, -0.25) is 14.8 Å². The van der Waals surface area contributed by atoms with Crippen LogP contribution in [0, 0.1) is 0 Å². The van der Waals surface area contributed by atoms with Gasteiger partial charge in [0.05, 0.1) is 16.2 Å². The van der Waals surface area contributed by atoms with E-state index in [1.165, 1.54) is 11.6 Å². The third kappa shape index (κ3) is 7.98. The molecule has 5 rings (SSSR count). The molecule has 0 spiro atoms. The van der Waals surface area contributed by atoms with Crippen LogP contribution in [0.5, 0.6) is 0 Å². The predicted octanol–water partition coefficient (Wildman–Crippen LogP) is 5.95. The lowest BCUT2D eigenvalue weighted by Crippen LogP contribution is -2.51. The lowest BCUT2D eigenvalue weighted by molar-refractivity contribution is -0.124. The summed E-state index contributed by atoms with van der Waals surface area (Å²) in [6, 6.07) is 19.9. The second kappa shape index (κ2) is 14.1. The molecule has 0 radical (unpaired) electrons. The molecule has 2 heterocycles. The molecular weight excluding hydrogens is 613 g/mol. The van der Waals surface area contributed by atoms with E-state index in [-0.39, 0.29) is 11.4 Å². The maximum atomic E-state index is 12.8. The smallest absolute Gasteiger partial charge is 0.267 e. The summed E-state index contributed by atoms with van der Waals surface area (Å²) in [5.41, 5.74) is 11.9. The van der Waals surface area contributed by atoms with Gasteiger partial charge in [-0.2, -0.15) is 0 Å². The minimum Gasteiger partial charge on any atom is -0.382 e. The number of nitrogens with two attached hydrogens (primary N) is 1. The van der Waals surface area contributed by atoms with Crippen molar-refractivity contribution in [1.29, 1.82) is 0 Å². The number of hydrogen-bond acceptors (Lipinski definition) is 8. The first-order valence-corrected chi connectivity index (χ1v) is 15.1. The van der Waals surface area contributed by atoms with E-state index in [1.807, 2.05) is 30.3 Å². The molecule has 1 aliphatic rings. The van der Waals surface area contributed by atoms with Gasteiger partial charge in [0.15, 0.2) is 5.82 Å². The van der Waals surface area contributed by atoms with E-state index in [0.717, 1.165) is 42.9 Å². The number of benzene rings is 3. The number of carbonyl (C=O) groups excluding carboxylic acids is 2. The second-order valence-corrected chi connectivity index (χ2v) is 11.8. The Bertz CT molecular complexity index is 1700. The molecule has 12 heteroatoms. The van der Waals surface area contributed by atoms with Gasteiger partial charge >= 0.3 is 0 Å². The fourth-order valence-corrected chi connectivity index (χ4v) is 5.42. The van der Waals surface area contributed by atoms with Gasteiger partial charge < -0.3 is 21.3 Å². The van der Waals surface area contributed by atoms with Gasteiger partial charge in [0.1, 0.15) is 11.5 Å². The zero-order valence-corrected chi connectivity index (χ0v) is 26.1. The number of rotatable bonds is 9. The summed E-state index contributed by atoms with van der Waals surface area (Å²) in [5.74, 6) is 0.193. The molecule has 0 unspecified atom stereocenters. The normalized spacial score (nSPS) is 14.4. The summed E-state index contributed by atoms with van der Waals surface area (Å²) in [5, 5.41) is 16.0. The first kappa shape index (κ1) is 31.9. The standard InChI is InChI=1S/C33H33Cl2N7O3/c1-33(15-17-42(18-16-33)27-20-37-30(31(36)40-27)25-3-2-4-26(34)29(25)35)38-19-22-5-10-23(11-6-22)32(44)39-24-12-7-21(8-13-24)9-14-28(43)41-45/h2-14,20,38,45H,15-19H2,1H3,(H2,36,40)(H,39,44)(H,41,43)/b14-9+. The molecule has 0 aliphatic carbocycles. The predicted molar refractivity (Wildman–Crippen MR) is 178 cm³/mol. The monoisotopic (exact) mass is 645 g/mol. The van der Waals surface area contributed by atoms with Crippen molar-refractivity contribution in [3.63, 3.8) is 0 Å². The summed E-state index contributed by atoms with van der Waals surface area (Å²) in [4.78, 5) is 35.2. The van der Waals surface area contributed by atoms with Crippen LogP contribution in [-0.2, 0) is 11.3 Å². The molecule has 6 N–H and O–H groups in total. The van der Waals surface area contributed by atoms with E-state index in [9.17, 15) is 9.59 Å². The topological polar surface area (TPSA) is 146 Å². The number of aromatic nitrogens is 2. The van der Waals surface area contributed by atoms with Gasteiger partial charge in [-0.1, -0.05) is 59.6 Å². The van der Waals surface area contributed by atoms with Crippen LogP contribution in [0.15, 0.2) is 79.0 Å². The number of nitrogen functional groups attached to an aromatic ring is 1. The molecule has 0 saturated carbocycles. The zero-order chi connectivity index (χ0) is 32.0. The van der Waals surface area contributed by atoms with E-state index >= 15 is 0 Å². The average molecular weight is 647 g/mol. The lowest BCUT2D eigenvalue weighted by Gasteiger charge is -2.40.